The van der Waals surface area contributed by atoms with Gasteiger partial charge in [-0.25, -0.2) is 9.78 Å². The molecule has 3 N–H and O–H groups in total. The summed E-state index contributed by atoms with van der Waals surface area (Å²) in [7, 11) is 0. The Balaban J connectivity index is 1.42. The molecule has 0 aliphatic rings. The number of nitrogens with one attached hydrogen (secondary N) is 2. The molecule has 0 aliphatic carbocycles. The van der Waals surface area contributed by atoms with Crippen LogP contribution in [0.15, 0.2) is 54.7 Å². The van der Waals surface area contributed by atoms with Gasteiger partial charge in [-0.2, -0.15) is 0 Å². The van der Waals surface area contributed by atoms with Crippen molar-refractivity contribution in [2.75, 3.05) is 10.6 Å². The van der Waals surface area contributed by atoms with Gasteiger partial charge in [0.05, 0.1) is 6.54 Å². The zero-order valence-electron chi connectivity index (χ0n) is 20.4. The fraction of sp³-hybridized carbons (Fsp3) is 0.259. The summed E-state index contributed by atoms with van der Waals surface area (Å²) in [6, 6.07) is 14.7. The lowest BCUT2D eigenvalue weighted by atomic mass is 10.0. The monoisotopic (exact) mass is 521 g/mol. The summed E-state index contributed by atoms with van der Waals surface area (Å²) in [5, 5.41) is 27.3. The highest BCUT2D eigenvalue weighted by Gasteiger charge is 2.20. The van der Waals surface area contributed by atoms with Crippen LogP contribution in [0.4, 0.5) is 11.5 Å². The lowest BCUT2D eigenvalue weighted by Crippen LogP contribution is -2.32. The number of rotatable bonds is 10. The number of aromatic nitrogens is 3. The molecule has 0 fully saturated rings. The Kier molecular flexibility index (Phi) is 8.18. The third-order valence-electron chi connectivity index (χ3n) is 5.82. The number of anilines is 2. The van der Waals surface area contributed by atoms with Gasteiger partial charge in [0.25, 0.3) is 0 Å². The third-order valence-corrected chi connectivity index (χ3v) is 7.01. The number of carboxylic acids is 1. The molecule has 0 saturated carbocycles. The minimum atomic E-state index is -0.903. The smallest absolute Gasteiger partial charge is 0.326 e. The van der Waals surface area contributed by atoms with Crippen molar-refractivity contribution in [3.8, 4) is 10.6 Å². The van der Waals surface area contributed by atoms with Crippen molar-refractivity contribution < 1.29 is 9.90 Å². The normalized spacial score (nSPS) is 11.8. The van der Waals surface area contributed by atoms with Gasteiger partial charge < -0.3 is 15.7 Å². The number of aryl methyl sites for hydroxylation is 3. The van der Waals surface area contributed by atoms with Crippen molar-refractivity contribution in [3.63, 3.8) is 0 Å². The molecule has 4 aromatic rings. The number of halogens is 1. The largest absolute Gasteiger partial charge is 0.480 e. The van der Waals surface area contributed by atoms with Crippen LogP contribution >= 0.6 is 22.9 Å². The zero-order chi connectivity index (χ0) is 25.7. The Hall–Kier alpha value is -3.49. The van der Waals surface area contributed by atoms with E-state index < -0.39 is 12.0 Å². The first-order valence-electron chi connectivity index (χ1n) is 11.7. The molecule has 2 heterocycles. The van der Waals surface area contributed by atoms with Crippen molar-refractivity contribution in [1.29, 1.82) is 0 Å². The molecule has 9 heteroatoms. The first-order chi connectivity index (χ1) is 17.3. The number of aliphatic carboxylic acids is 1. The predicted octanol–water partition coefficient (Wildman–Crippen LogP) is 6.15. The topological polar surface area (TPSA) is 100 Å². The van der Waals surface area contributed by atoms with Crippen LogP contribution in [-0.2, 0) is 24.2 Å². The highest BCUT2D eigenvalue weighted by molar-refractivity contribution is 7.14. The Labute approximate surface area is 219 Å². The molecule has 7 nitrogen and oxygen atoms in total. The van der Waals surface area contributed by atoms with E-state index in [0.717, 1.165) is 55.8 Å². The number of pyridine rings is 1. The molecular weight excluding hydrogens is 494 g/mol. The lowest BCUT2D eigenvalue weighted by molar-refractivity contribution is -0.137. The number of hydrogen-bond acceptors (Lipinski definition) is 7. The van der Waals surface area contributed by atoms with Gasteiger partial charge in [0, 0.05) is 28.9 Å². The molecule has 186 valence electrons. The van der Waals surface area contributed by atoms with Gasteiger partial charge in [-0.05, 0) is 66.8 Å². The van der Waals surface area contributed by atoms with Gasteiger partial charge in [0.2, 0.25) is 0 Å². The zero-order valence-corrected chi connectivity index (χ0v) is 22.0. The predicted molar refractivity (Wildman–Crippen MR) is 146 cm³/mol. The van der Waals surface area contributed by atoms with E-state index in [1.54, 1.807) is 6.20 Å². The maximum Gasteiger partial charge on any atom is 0.326 e. The summed E-state index contributed by atoms with van der Waals surface area (Å²) >= 11 is 7.70. The van der Waals surface area contributed by atoms with Crippen LogP contribution in [0.1, 0.15) is 34.2 Å². The number of benzene rings is 2. The Morgan fingerprint density at radius 2 is 1.89 bits per heavy atom. The average Bonchev–Trinajstić information content (AvgIpc) is 3.33. The fourth-order valence-electron chi connectivity index (χ4n) is 3.93. The number of carboxylic acid groups (broad SMARTS) is 1. The molecule has 0 aliphatic heterocycles. The van der Waals surface area contributed by atoms with Gasteiger partial charge in [0.15, 0.2) is 0 Å². The van der Waals surface area contributed by atoms with Crippen LogP contribution in [0.25, 0.3) is 10.6 Å². The summed E-state index contributed by atoms with van der Waals surface area (Å²) in [5.74, 6) is -0.0996. The maximum absolute atomic E-state index is 12.0. The quantitative estimate of drug-likeness (QED) is 0.230. The first-order valence-corrected chi connectivity index (χ1v) is 12.9. The van der Waals surface area contributed by atoms with E-state index in [1.807, 2.05) is 69.3 Å². The molecule has 0 amide bonds. The summed E-state index contributed by atoms with van der Waals surface area (Å²) in [4.78, 5) is 16.3. The van der Waals surface area contributed by atoms with E-state index in [1.165, 1.54) is 11.3 Å². The minimum Gasteiger partial charge on any atom is -0.480 e. The molecule has 0 radical (unpaired) electrons. The van der Waals surface area contributed by atoms with Crippen LogP contribution in [0.3, 0.4) is 0 Å². The maximum atomic E-state index is 12.0. The average molecular weight is 522 g/mol. The molecule has 36 heavy (non-hydrogen) atoms. The van der Waals surface area contributed by atoms with Crippen molar-refractivity contribution in [2.24, 2.45) is 0 Å². The fourth-order valence-corrected chi connectivity index (χ4v) is 5.01. The first kappa shape index (κ1) is 25.6. The number of carbonyl (C=O) groups is 1. The van der Waals surface area contributed by atoms with Crippen molar-refractivity contribution in [3.05, 3.63) is 87.0 Å². The molecule has 4 rings (SSSR count). The van der Waals surface area contributed by atoms with Crippen LogP contribution in [0.2, 0.25) is 5.02 Å². The molecule has 2 aromatic heterocycles. The van der Waals surface area contributed by atoms with Crippen LogP contribution in [-0.4, -0.2) is 32.3 Å². The summed E-state index contributed by atoms with van der Waals surface area (Å²) in [5.41, 5.74) is 5.77. The second kappa shape index (κ2) is 11.5. The SMILES string of the molecule is CCc1cc(Cl)cc(C)c1NC(Cc1ccc(-c2nnc(CNc3cc(C)ccn3)s2)cc1)C(=O)O. The Morgan fingerprint density at radius 3 is 2.58 bits per heavy atom. The highest BCUT2D eigenvalue weighted by Crippen LogP contribution is 2.28. The van der Waals surface area contributed by atoms with Crippen LogP contribution < -0.4 is 10.6 Å². The molecule has 0 bridgehead atoms. The van der Waals surface area contributed by atoms with E-state index in [0.29, 0.717) is 18.0 Å². The van der Waals surface area contributed by atoms with Gasteiger partial charge >= 0.3 is 5.97 Å². The van der Waals surface area contributed by atoms with Crippen molar-refractivity contribution in [2.45, 2.75) is 46.2 Å². The van der Waals surface area contributed by atoms with Gasteiger partial charge in [-0.3, -0.25) is 0 Å². The lowest BCUT2D eigenvalue weighted by Gasteiger charge is -2.20. The molecule has 1 atom stereocenters. The molecule has 0 spiro atoms. The van der Waals surface area contributed by atoms with E-state index in [2.05, 4.69) is 25.8 Å². The molecule has 0 saturated heterocycles. The number of nitrogens with zero attached hydrogens (tertiary/aromatic N) is 3. The van der Waals surface area contributed by atoms with Gasteiger partial charge in [-0.15, -0.1) is 10.2 Å². The van der Waals surface area contributed by atoms with E-state index >= 15 is 0 Å². The summed E-state index contributed by atoms with van der Waals surface area (Å²) in [6.45, 7) is 6.53. The van der Waals surface area contributed by atoms with Gasteiger partial charge in [-0.1, -0.05) is 54.1 Å². The Bertz CT molecular complexity index is 1360. The van der Waals surface area contributed by atoms with Gasteiger partial charge in [0.1, 0.15) is 21.9 Å². The Morgan fingerprint density at radius 1 is 1.11 bits per heavy atom. The van der Waals surface area contributed by atoms with E-state index in [9.17, 15) is 9.90 Å². The third kappa shape index (κ3) is 6.38. The van der Waals surface area contributed by atoms with Crippen LogP contribution in [0.5, 0.6) is 0 Å². The number of hydrogen-bond donors (Lipinski definition) is 3. The van der Waals surface area contributed by atoms with E-state index in [4.69, 9.17) is 11.6 Å². The second-order valence-corrected chi connectivity index (χ2v) is 10.1. The standard InChI is InChI=1S/C27H28ClN5O2S/c1-4-19-14-21(28)12-17(3)25(19)31-22(27(34)35)13-18-5-7-20(8-6-18)26-33-32-24(36-26)15-30-23-11-16(2)9-10-29-23/h5-12,14,22,31H,4,13,15H2,1-3H3,(H,29,30)(H,34,35). The second-order valence-electron chi connectivity index (χ2n) is 8.62. The van der Waals surface area contributed by atoms with E-state index in [-0.39, 0.29) is 0 Å². The molecular formula is C27H28ClN5O2S. The minimum absolute atomic E-state index is 0.343. The summed E-state index contributed by atoms with van der Waals surface area (Å²) < 4.78 is 0. The highest BCUT2D eigenvalue weighted by atomic mass is 35.5. The molecule has 1 unspecified atom stereocenters. The van der Waals surface area contributed by atoms with Crippen LogP contribution in [0, 0.1) is 13.8 Å². The van der Waals surface area contributed by atoms with Crippen molar-refractivity contribution >= 4 is 40.4 Å². The summed E-state index contributed by atoms with van der Waals surface area (Å²) in [6.07, 6.45) is 2.87. The van der Waals surface area contributed by atoms with Crippen molar-refractivity contribution in [1.82, 2.24) is 15.2 Å². The molecule has 2 aromatic carbocycles.